The Morgan fingerprint density at radius 3 is 3.19 bits per heavy atom. The van der Waals surface area contributed by atoms with Gasteiger partial charge < -0.3 is 20.5 Å². The van der Waals surface area contributed by atoms with Crippen LogP contribution in [0.5, 0.6) is 0 Å². The zero-order chi connectivity index (χ0) is 14.8. The molecule has 1 unspecified atom stereocenters. The minimum absolute atomic E-state index is 0.0685. The predicted molar refractivity (Wildman–Crippen MR) is 78.7 cm³/mol. The molecule has 1 aliphatic rings. The molecule has 1 atom stereocenters. The normalized spacial score (nSPS) is 19.0. The SMILES string of the molecule is CN(CC(=O)N1CCCC(N)C1)c1ncnc2nc[nH]c12. The van der Waals surface area contributed by atoms with Crippen LogP contribution in [0.3, 0.4) is 0 Å². The Bertz CT molecular complexity index is 640. The Morgan fingerprint density at radius 2 is 2.38 bits per heavy atom. The molecule has 8 heteroatoms. The van der Waals surface area contributed by atoms with Gasteiger partial charge in [0.05, 0.1) is 12.9 Å². The molecule has 0 bridgehead atoms. The Hall–Kier alpha value is -2.22. The van der Waals surface area contributed by atoms with E-state index in [1.165, 1.54) is 6.33 Å². The summed E-state index contributed by atoms with van der Waals surface area (Å²) in [7, 11) is 1.84. The van der Waals surface area contributed by atoms with Gasteiger partial charge >= 0.3 is 0 Å². The van der Waals surface area contributed by atoms with Crippen molar-refractivity contribution in [3.8, 4) is 0 Å². The minimum Gasteiger partial charge on any atom is -0.348 e. The first-order chi connectivity index (χ1) is 10.1. The number of likely N-dealkylation sites (N-methyl/N-ethyl adjacent to an activating group) is 1. The number of fused-ring (bicyclic) bond motifs is 1. The molecule has 1 saturated heterocycles. The second-order valence-corrected chi connectivity index (χ2v) is 5.40. The van der Waals surface area contributed by atoms with Gasteiger partial charge in [-0.2, -0.15) is 0 Å². The predicted octanol–water partition coefficient (Wildman–Crippen LogP) is -0.261. The van der Waals surface area contributed by atoms with Crippen LogP contribution in [0, 0.1) is 0 Å². The van der Waals surface area contributed by atoms with E-state index in [1.54, 1.807) is 6.33 Å². The van der Waals surface area contributed by atoms with Gasteiger partial charge in [0.2, 0.25) is 5.91 Å². The smallest absolute Gasteiger partial charge is 0.242 e. The van der Waals surface area contributed by atoms with Crippen molar-refractivity contribution >= 4 is 22.9 Å². The molecule has 0 aliphatic carbocycles. The average Bonchev–Trinajstić information content (AvgIpc) is 2.95. The number of hydrogen-bond acceptors (Lipinski definition) is 6. The van der Waals surface area contributed by atoms with Crippen molar-refractivity contribution in [3.05, 3.63) is 12.7 Å². The molecule has 1 fully saturated rings. The molecule has 0 spiro atoms. The van der Waals surface area contributed by atoms with Gasteiger partial charge in [0, 0.05) is 26.2 Å². The van der Waals surface area contributed by atoms with Gasteiger partial charge in [-0.25, -0.2) is 15.0 Å². The summed E-state index contributed by atoms with van der Waals surface area (Å²) in [5.41, 5.74) is 7.26. The monoisotopic (exact) mass is 289 g/mol. The summed E-state index contributed by atoms with van der Waals surface area (Å²) in [5.74, 6) is 0.742. The van der Waals surface area contributed by atoms with Gasteiger partial charge in [-0.05, 0) is 12.8 Å². The summed E-state index contributed by atoms with van der Waals surface area (Å²) >= 11 is 0. The number of nitrogens with zero attached hydrogens (tertiary/aromatic N) is 5. The fraction of sp³-hybridized carbons (Fsp3) is 0.538. The Labute approximate surface area is 122 Å². The largest absolute Gasteiger partial charge is 0.348 e. The number of amides is 1. The molecule has 8 nitrogen and oxygen atoms in total. The lowest BCUT2D eigenvalue weighted by Crippen LogP contribution is -2.48. The van der Waals surface area contributed by atoms with Gasteiger partial charge in [0.1, 0.15) is 11.8 Å². The van der Waals surface area contributed by atoms with E-state index in [-0.39, 0.29) is 18.5 Å². The van der Waals surface area contributed by atoms with Crippen LogP contribution in [-0.2, 0) is 4.79 Å². The van der Waals surface area contributed by atoms with Crippen LogP contribution >= 0.6 is 0 Å². The highest BCUT2D eigenvalue weighted by Gasteiger charge is 2.23. The molecular weight excluding hydrogens is 270 g/mol. The summed E-state index contributed by atoms with van der Waals surface area (Å²) in [4.78, 5) is 31.4. The van der Waals surface area contributed by atoms with Crippen molar-refractivity contribution in [2.45, 2.75) is 18.9 Å². The summed E-state index contributed by atoms with van der Waals surface area (Å²) < 4.78 is 0. The maximum atomic E-state index is 12.4. The van der Waals surface area contributed by atoms with Crippen molar-refractivity contribution in [2.24, 2.45) is 5.73 Å². The fourth-order valence-electron chi connectivity index (χ4n) is 2.66. The lowest BCUT2D eigenvalue weighted by molar-refractivity contribution is -0.130. The van der Waals surface area contributed by atoms with Crippen molar-refractivity contribution in [1.29, 1.82) is 0 Å². The highest BCUT2D eigenvalue weighted by molar-refractivity contribution is 5.87. The molecule has 3 heterocycles. The van der Waals surface area contributed by atoms with Crippen LogP contribution in [0.15, 0.2) is 12.7 Å². The molecule has 0 saturated carbocycles. The first kappa shape index (κ1) is 13.7. The van der Waals surface area contributed by atoms with E-state index in [0.29, 0.717) is 18.0 Å². The zero-order valence-corrected chi connectivity index (χ0v) is 12.0. The lowest BCUT2D eigenvalue weighted by atomic mass is 10.1. The second-order valence-electron chi connectivity index (χ2n) is 5.40. The van der Waals surface area contributed by atoms with Crippen molar-refractivity contribution < 1.29 is 4.79 Å². The number of carbonyl (C=O) groups is 1. The van der Waals surface area contributed by atoms with E-state index < -0.39 is 0 Å². The van der Waals surface area contributed by atoms with Crippen LogP contribution in [0.4, 0.5) is 5.82 Å². The van der Waals surface area contributed by atoms with Gasteiger partial charge in [0.15, 0.2) is 11.5 Å². The number of likely N-dealkylation sites (tertiary alicyclic amines) is 1. The molecule has 21 heavy (non-hydrogen) atoms. The zero-order valence-electron chi connectivity index (χ0n) is 12.0. The number of aromatic nitrogens is 4. The number of imidazole rings is 1. The highest BCUT2D eigenvalue weighted by Crippen LogP contribution is 2.18. The lowest BCUT2D eigenvalue weighted by Gasteiger charge is -2.32. The van der Waals surface area contributed by atoms with Gasteiger partial charge in [0.25, 0.3) is 0 Å². The third-order valence-corrected chi connectivity index (χ3v) is 3.75. The van der Waals surface area contributed by atoms with Gasteiger partial charge in [-0.15, -0.1) is 0 Å². The molecule has 3 rings (SSSR count). The van der Waals surface area contributed by atoms with Crippen molar-refractivity contribution in [1.82, 2.24) is 24.8 Å². The number of carbonyl (C=O) groups excluding carboxylic acids is 1. The summed E-state index contributed by atoms with van der Waals surface area (Å²) in [5, 5.41) is 0. The Kier molecular flexibility index (Phi) is 3.70. The van der Waals surface area contributed by atoms with E-state index >= 15 is 0 Å². The average molecular weight is 289 g/mol. The van der Waals surface area contributed by atoms with Crippen LogP contribution in [0.1, 0.15) is 12.8 Å². The third kappa shape index (κ3) is 2.80. The molecule has 3 N–H and O–H groups in total. The fourth-order valence-corrected chi connectivity index (χ4v) is 2.66. The van der Waals surface area contributed by atoms with E-state index in [9.17, 15) is 4.79 Å². The Balaban J connectivity index is 1.72. The summed E-state index contributed by atoms with van der Waals surface area (Å²) in [6.07, 6.45) is 4.98. The first-order valence-corrected chi connectivity index (χ1v) is 7.03. The number of nitrogens with one attached hydrogen (secondary N) is 1. The number of rotatable bonds is 3. The molecule has 2 aromatic heterocycles. The quantitative estimate of drug-likeness (QED) is 0.806. The molecule has 1 aliphatic heterocycles. The summed E-state index contributed by atoms with van der Waals surface area (Å²) in [6.45, 7) is 1.68. The molecular formula is C13H19N7O. The maximum Gasteiger partial charge on any atom is 0.242 e. The number of piperidine rings is 1. The van der Waals surface area contributed by atoms with Crippen LogP contribution in [-0.4, -0.2) is 63.5 Å². The van der Waals surface area contributed by atoms with Gasteiger partial charge in [-0.3, -0.25) is 4.79 Å². The number of hydrogen-bond donors (Lipinski definition) is 2. The summed E-state index contributed by atoms with van der Waals surface area (Å²) in [6, 6.07) is 0.0892. The first-order valence-electron chi connectivity index (χ1n) is 7.03. The highest BCUT2D eigenvalue weighted by atomic mass is 16.2. The number of H-pyrrole nitrogens is 1. The maximum absolute atomic E-state index is 12.4. The van der Waals surface area contributed by atoms with Crippen LogP contribution in [0.25, 0.3) is 11.2 Å². The van der Waals surface area contributed by atoms with E-state index in [0.717, 1.165) is 24.9 Å². The number of anilines is 1. The van der Waals surface area contributed by atoms with Crippen LogP contribution in [0.2, 0.25) is 0 Å². The molecule has 0 aromatic carbocycles. The van der Waals surface area contributed by atoms with Crippen molar-refractivity contribution in [3.63, 3.8) is 0 Å². The Morgan fingerprint density at radius 1 is 1.52 bits per heavy atom. The minimum atomic E-state index is 0.0685. The van der Waals surface area contributed by atoms with Crippen LogP contribution < -0.4 is 10.6 Å². The van der Waals surface area contributed by atoms with E-state index in [4.69, 9.17) is 5.73 Å². The topological polar surface area (TPSA) is 104 Å². The third-order valence-electron chi connectivity index (χ3n) is 3.75. The van der Waals surface area contributed by atoms with Crippen molar-refractivity contribution in [2.75, 3.05) is 31.6 Å². The number of nitrogens with two attached hydrogens (primary N) is 1. The molecule has 112 valence electrons. The standard InChI is InChI=1S/C13H19N7O/c1-19(6-10(21)20-4-2-3-9(14)5-20)13-11-12(16-7-15-11)17-8-18-13/h7-9H,2-6,14H2,1H3,(H,15,16,17,18). The molecule has 0 radical (unpaired) electrons. The van der Waals surface area contributed by atoms with E-state index in [1.807, 2.05) is 16.8 Å². The second kappa shape index (κ2) is 5.65. The molecule has 2 aromatic rings. The van der Waals surface area contributed by atoms with Gasteiger partial charge in [-0.1, -0.05) is 0 Å². The van der Waals surface area contributed by atoms with E-state index in [2.05, 4.69) is 19.9 Å². The molecule has 1 amide bonds. The number of aromatic amines is 1.